The summed E-state index contributed by atoms with van der Waals surface area (Å²) in [6.07, 6.45) is -0.262. The van der Waals surface area contributed by atoms with Crippen molar-refractivity contribution in [3.05, 3.63) is 60.2 Å². The summed E-state index contributed by atoms with van der Waals surface area (Å²) in [5.74, 6) is 0.190. The molecule has 0 N–H and O–H groups in total. The van der Waals surface area contributed by atoms with Gasteiger partial charge in [0, 0.05) is 5.54 Å². The first kappa shape index (κ1) is 19.4. The molecule has 1 fully saturated rings. The van der Waals surface area contributed by atoms with Gasteiger partial charge in [0.05, 0.1) is 6.54 Å². The number of morpholine rings is 1. The molecule has 0 spiro atoms. The summed E-state index contributed by atoms with van der Waals surface area (Å²) in [6, 6.07) is 14.7. The van der Waals surface area contributed by atoms with E-state index in [1.165, 1.54) is 12.1 Å². The van der Waals surface area contributed by atoms with E-state index in [9.17, 15) is 13.2 Å². The van der Waals surface area contributed by atoms with Gasteiger partial charge in [0.1, 0.15) is 23.4 Å². The molecule has 0 aliphatic carbocycles. The minimum absolute atomic E-state index is 0.0303. The molecule has 1 saturated heterocycles. The molecule has 2 aromatic carbocycles. The van der Waals surface area contributed by atoms with Crippen molar-refractivity contribution >= 4 is 16.0 Å². The standard InChI is InChI=1S/C20H23NO5S/c1-20(2,3)21-13-18(25-14-19(21)22)15-9-11-16(12-10-15)26-27(23,24)17-7-5-4-6-8-17/h4-12,18H,13-14H2,1-3H3/t18-/m1/s1. The summed E-state index contributed by atoms with van der Waals surface area (Å²) in [5, 5.41) is 0. The lowest BCUT2D eigenvalue weighted by atomic mass is 10.0. The number of carbonyl (C=O) groups excluding carboxylic acids is 1. The molecular formula is C20H23NO5S. The van der Waals surface area contributed by atoms with Gasteiger partial charge in [-0.15, -0.1) is 0 Å². The smallest absolute Gasteiger partial charge is 0.339 e. The zero-order chi connectivity index (χ0) is 19.7. The summed E-state index contributed by atoms with van der Waals surface area (Å²) in [7, 11) is -3.87. The first-order chi connectivity index (χ1) is 12.7. The Bertz CT molecular complexity index is 902. The van der Waals surface area contributed by atoms with Gasteiger partial charge in [-0.25, -0.2) is 0 Å². The number of ether oxygens (including phenoxy) is 1. The van der Waals surface area contributed by atoms with Crippen LogP contribution in [0.4, 0.5) is 0 Å². The average molecular weight is 389 g/mol. The largest absolute Gasteiger partial charge is 0.379 e. The SMILES string of the molecule is CC(C)(C)N1C[C@H](c2ccc(OS(=O)(=O)c3ccccc3)cc2)OCC1=O. The number of hydrogen-bond donors (Lipinski definition) is 0. The molecule has 0 bridgehead atoms. The van der Waals surface area contributed by atoms with E-state index < -0.39 is 10.1 Å². The van der Waals surface area contributed by atoms with Crippen LogP contribution in [0.3, 0.4) is 0 Å². The second kappa shape index (κ2) is 7.32. The van der Waals surface area contributed by atoms with Crippen molar-refractivity contribution in [2.45, 2.75) is 37.3 Å². The van der Waals surface area contributed by atoms with E-state index in [4.69, 9.17) is 8.92 Å². The molecule has 0 aromatic heterocycles. The molecule has 1 atom stereocenters. The highest BCUT2D eigenvalue weighted by atomic mass is 32.2. The Kier molecular flexibility index (Phi) is 5.26. The molecule has 144 valence electrons. The molecule has 1 aliphatic heterocycles. The van der Waals surface area contributed by atoms with E-state index in [1.807, 2.05) is 20.8 Å². The van der Waals surface area contributed by atoms with Crippen LogP contribution in [0.5, 0.6) is 5.75 Å². The predicted octanol–water partition coefficient (Wildman–Crippen LogP) is 3.15. The summed E-state index contributed by atoms with van der Waals surface area (Å²) >= 11 is 0. The Morgan fingerprint density at radius 2 is 1.67 bits per heavy atom. The summed E-state index contributed by atoms with van der Waals surface area (Å²) in [4.78, 5) is 14.0. The van der Waals surface area contributed by atoms with E-state index in [0.717, 1.165) is 5.56 Å². The van der Waals surface area contributed by atoms with Crippen molar-refractivity contribution < 1.29 is 22.1 Å². The number of nitrogens with zero attached hydrogens (tertiary/aromatic N) is 1. The second-order valence-corrected chi connectivity index (χ2v) is 8.94. The minimum atomic E-state index is -3.87. The molecular weight excluding hydrogens is 366 g/mol. The van der Waals surface area contributed by atoms with E-state index >= 15 is 0 Å². The Morgan fingerprint density at radius 3 is 2.26 bits per heavy atom. The molecule has 1 aliphatic rings. The third kappa shape index (κ3) is 4.48. The van der Waals surface area contributed by atoms with Crippen molar-refractivity contribution in [3.8, 4) is 5.75 Å². The maximum atomic E-state index is 12.3. The number of carbonyl (C=O) groups is 1. The fourth-order valence-electron chi connectivity index (χ4n) is 2.92. The third-order valence-electron chi connectivity index (χ3n) is 4.36. The monoisotopic (exact) mass is 389 g/mol. The van der Waals surface area contributed by atoms with Crippen LogP contribution < -0.4 is 4.18 Å². The highest BCUT2D eigenvalue weighted by molar-refractivity contribution is 7.87. The highest BCUT2D eigenvalue weighted by Gasteiger charge is 2.34. The first-order valence-electron chi connectivity index (χ1n) is 8.68. The fraction of sp³-hybridized carbons (Fsp3) is 0.350. The number of hydrogen-bond acceptors (Lipinski definition) is 5. The Hall–Kier alpha value is -2.38. The third-order valence-corrected chi connectivity index (χ3v) is 5.62. The van der Waals surface area contributed by atoms with Gasteiger partial charge in [0.2, 0.25) is 5.91 Å². The maximum Gasteiger partial charge on any atom is 0.339 e. The average Bonchev–Trinajstić information content (AvgIpc) is 2.62. The molecule has 3 rings (SSSR count). The van der Waals surface area contributed by atoms with Gasteiger partial charge in [-0.1, -0.05) is 30.3 Å². The summed E-state index contributed by atoms with van der Waals surface area (Å²) < 4.78 is 35.4. The van der Waals surface area contributed by atoms with Crippen LogP contribution in [0.1, 0.15) is 32.4 Å². The minimum Gasteiger partial charge on any atom is -0.379 e. The van der Waals surface area contributed by atoms with Crippen molar-refractivity contribution in [2.75, 3.05) is 13.2 Å². The van der Waals surface area contributed by atoms with Crippen molar-refractivity contribution in [1.82, 2.24) is 4.90 Å². The molecule has 6 nitrogen and oxygen atoms in total. The van der Waals surface area contributed by atoms with E-state index in [1.54, 1.807) is 47.4 Å². The van der Waals surface area contributed by atoms with Gasteiger partial charge >= 0.3 is 10.1 Å². The lowest BCUT2D eigenvalue weighted by Crippen LogP contribution is -2.52. The van der Waals surface area contributed by atoms with Crippen LogP contribution in [0.2, 0.25) is 0 Å². The molecule has 27 heavy (non-hydrogen) atoms. The Morgan fingerprint density at radius 1 is 1.04 bits per heavy atom. The fourth-order valence-corrected chi connectivity index (χ4v) is 3.87. The molecule has 0 saturated carbocycles. The van der Waals surface area contributed by atoms with Gasteiger partial charge < -0.3 is 13.8 Å². The van der Waals surface area contributed by atoms with E-state index in [-0.39, 0.29) is 34.8 Å². The van der Waals surface area contributed by atoms with E-state index in [0.29, 0.717) is 6.54 Å². The zero-order valence-corrected chi connectivity index (χ0v) is 16.4. The Balaban J connectivity index is 1.73. The van der Waals surface area contributed by atoms with Crippen molar-refractivity contribution in [1.29, 1.82) is 0 Å². The Labute approximate surface area is 159 Å². The van der Waals surface area contributed by atoms with Gasteiger partial charge in [-0.3, -0.25) is 4.79 Å². The predicted molar refractivity (Wildman–Crippen MR) is 101 cm³/mol. The second-order valence-electron chi connectivity index (χ2n) is 7.39. The molecule has 0 unspecified atom stereocenters. The van der Waals surface area contributed by atoms with E-state index in [2.05, 4.69) is 0 Å². The molecule has 1 heterocycles. The lowest BCUT2D eigenvalue weighted by Gasteiger charge is -2.41. The number of amides is 1. The zero-order valence-electron chi connectivity index (χ0n) is 15.6. The quantitative estimate of drug-likeness (QED) is 0.751. The summed E-state index contributed by atoms with van der Waals surface area (Å²) in [5.41, 5.74) is 0.576. The van der Waals surface area contributed by atoms with Crippen molar-refractivity contribution in [2.24, 2.45) is 0 Å². The lowest BCUT2D eigenvalue weighted by molar-refractivity contribution is -0.156. The number of rotatable bonds is 4. The van der Waals surface area contributed by atoms with Crippen LogP contribution in [0.15, 0.2) is 59.5 Å². The topological polar surface area (TPSA) is 72.9 Å². The van der Waals surface area contributed by atoms with Crippen LogP contribution >= 0.6 is 0 Å². The van der Waals surface area contributed by atoms with Gasteiger partial charge in [-0.2, -0.15) is 8.42 Å². The van der Waals surface area contributed by atoms with Gasteiger partial charge in [0.15, 0.2) is 0 Å². The maximum absolute atomic E-state index is 12.3. The van der Waals surface area contributed by atoms with Crippen LogP contribution in [0.25, 0.3) is 0 Å². The molecule has 1 amide bonds. The summed E-state index contributed by atoms with van der Waals surface area (Å²) in [6.45, 7) is 6.43. The van der Waals surface area contributed by atoms with Crippen LogP contribution in [-0.2, 0) is 19.6 Å². The normalized spacial score (nSPS) is 18.4. The van der Waals surface area contributed by atoms with Gasteiger partial charge in [0.25, 0.3) is 0 Å². The molecule has 2 aromatic rings. The number of benzene rings is 2. The first-order valence-corrected chi connectivity index (χ1v) is 10.1. The van der Waals surface area contributed by atoms with Gasteiger partial charge in [-0.05, 0) is 50.6 Å². The highest BCUT2D eigenvalue weighted by Crippen LogP contribution is 2.29. The van der Waals surface area contributed by atoms with Crippen molar-refractivity contribution in [3.63, 3.8) is 0 Å². The van der Waals surface area contributed by atoms with Crippen LogP contribution in [-0.4, -0.2) is 37.9 Å². The van der Waals surface area contributed by atoms with Crippen LogP contribution in [0, 0.1) is 0 Å². The molecule has 7 heteroatoms. The molecule has 0 radical (unpaired) electrons.